The number of nitrogens with zero attached hydrogens (tertiary/aromatic N) is 1. The van der Waals surface area contributed by atoms with Crippen LogP contribution in [0.25, 0.3) is 0 Å². The lowest BCUT2D eigenvalue weighted by Gasteiger charge is -2.31. The van der Waals surface area contributed by atoms with E-state index >= 15 is 0 Å². The Morgan fingerprint density at radius 2 is 2.38 bits per heavy atom. The van der Waals surface area contributed by atoms with Crippen molar-refractivity contribution in [3.8, 4) is 0 Å². The van der Waals surface area contributed by atoms with Crippen LogP contribution in [0.2, 0.25) is 0 Å². The number of carbonyl (C=O) groups excluding carboxylic acids is 1. The summed E-state index contributed by atoms with van der Waals surface area (Å²) in [6.45, 7) is 3.08. The summed E-state index contributed by atoms with van der Waals surface area (Å²) in [4.78, 5) is 14.5. The topological polar surface area (TPSA) is 58.4 Å². The molecule has 92 valence electrons. The maximum absolute atomic E-state index is 11.7. The molecule has 0 saturated carbocycles. The van der Waals surface area contributed by atoms with Crippen LogP contribution in [-0.2, 0) is 4.79 Å². The summed E-state index contributed by atoms with van der Waals surface area (Å²) < 4.78 is 0. The number of nitrogens with one attached hydrogen (secondary N) is 1. The molecule has 3 N–H and O–H groups in total. The lowest BCUT2D eigenvalue weighted by molar-refractivity contribution is -0.125. The number of nitrogens with two attached hydrogens (primary N) is 1. The Bertz CT molecular complexity index is 270. The predicted octanol–water partition coefficient (Wildman–Crippen LogP) is 0.652. The Hall–Kier alpha value is -0.680. The molecule has 2 atom stereocenters. The standard InChI is InChI=1S/C11H21N3OS/c1-3-8(7-10(12)16)14-6-4-5-9(14)11(15)13-2/h8-9H,3-7H2,1-2H3,(H2,12,16)(H,13,15). The number of hydrogen-bond acceptors (Lipinski definition) is 3. The van der Waals surface area contributed by atoms with Crippen LogP contribution in [0, 0.1) is 0 Å². The molecule has 1 saturated heterocycles. The molecule has 1 aliphatic heterocycles. The highest BCUT2D eigenvalue weighted by Gasteiger charge is 2.34. The number of likely N-dealkylation sites (N-methyl/N-ethyl adjacent to an activating group) is 1. The van der Waals surface area contributed by atoms with Crippen molar-refractivity contribution in [3.05, 3.63) is 0 Å². The van der Waals surface area contributed by atoms with E-state index in [4.69, 9.17) is 18.0 Å². The van der Waals surface area contributed by atoms with Gasteiger partial charge >= 0.3 is 0 Å². The fourth-order valence-electron chi connectivity index (χ4n) is 2.40. The van der Waals surface area contributed by atoms with Crippen molar-refractivity contribution in [2.45, 2.75) is 44.7 Å². The van der Waals surface area contributed by atoms with Crippen molar-refractivity contribution in [3.63, 3.8) is 0 Å². The third-order valence-electron chi connectivity index (χ3n) is 3.22. The molecule has 0 aromatic heterocycles. The fourth-order valence-corrected chi connectivity index (χ4v) is 2.59. The highest BCUT2D eigenvalue weighted by atomic mass is 32.1. The number of rotatable bonds is 5. The molecule has 16 heavy (non-hydrogen) atoms. The van der Waals surface area contributed by atoms with Gasteiger partial charge in [0.2, 0.25) is 5.91 Å². The van der Waals surface area contributed by atoms with Crippen LogP contribution in [0.5, 0.6) is 0 Å². The Labute approximate surface area is 103 Å². The first-order chi connectivity index (χ1) is 7.60. The van der Waals surface area contributed by atoms with Crippen molar-refractivity contribution in [2.24, 2.45) is 5.73 Å². The van der Waals surface area contributed by atoms with Crippen LogP contribution >= 0.6 is 12.2 Å². The van der Waals surface area contributed by atoms with Gasteiger partial charge in [-0.2, -0.15) is 0 Å². The van der Waals surface area contributed by atoms with Crippen molar-refractivity contribution in [1.29, 1.82) is 0 Å². The number of carbonyl (C=O) groups is 1. The molecule has 4 nitrogen and oxygen atoms in total. The predicted molar refractivity (Wildman–Crippen MR) is 69.3 cm³/mol. The van der Waals surface area contributed by atoms with Crippen LogP contribution in [-0.4, -0.2) is 41.5 Å². The number of amides is 1. The SMILES string of the molecule is CCC(CC(N)=S)N1CCCC1C(=O)NC. The smallest absolute Gasteiger partial charge is 0.237 e. The van der Waals surface area contributed by atoms with Gasteiger partial charge in [0.1, 0.15) is 0 Å². The summed E-state index contributed by atoms with van der Waals surface area (Å²) in [5.41, 5.74) is 5.59. The molecule has 0 radical (unpaired) electrons. The van der Waals surface area contributed by atoms with Gasteiger partial charge < -0.3 is 11.1 Å². The third-order valence-corrected chi connectivity index (χ3v) is 3.39. The minimum Gasteiger partial charge on any atom is -0.393 e. The summed E-state index contributed by atoms with van der Waals surface area (Å²) in [5, 5.41) is 2.72. The van der Waals surface area contributed by atoms with Gasteiger partial charge in [0.05, 0.1) is 11.0 Å². The summed E-state index contributed by atoms with van der Waals surface area (Å²) in [6, 6.07) is 0.312. The monoisotopic (exact) mass is 243 g/mol. The van der Waals surface area contributed by atoms with E-state index in [2.05, 4.69) is 17.1 Å². The van der Waals surface area contributed by atoms with Crippen LogP contribution in [0.1, 0.15) is 32.6 Å². The van der Waals surface area contributed by atoms with E-state index in [1.54, 1.807) is 7.05 Å². The van der Waals surface area contributed by atoms with E-state index in [1.807, 2.05) is 0 Å². The van der Waals surface area contributed by atoms with Crippen molar-refractivity contribution in [1.82, 2.24) is 10.2 Å². The summed E-state index contributed by atoms with van der Waals surface area (Å²) in [6.07, 6.45) is 3.70. The second-order valence-corrected chi connectivity index (χ2v) is 4.77. The summed E-state index contributed by atoms with van der Waals surface area (Å²) >= 11 is 4.96. The minimum atomic E-state index is 0.00398. The normalized spacial score (nSPS) is 23.0. The highest BCUT2D eigenvalue weighted by molar-refractivity contribution is 7.80. The lowest BCUT2D eigenvalue weighted by atomic mass is 10.1. The Balaban J connectivity index is 2.67. The molecule has 0 aromatic rings. The summed E-state index contributed by atoms with van der Waals surface area (Å²) in [5.74, 6) is 0.110. The molecular weight excluding hydrogens is 222 g/mol. The molecule has 1 aliphatic rings. The first kappa shape index (κ1) is 13.4. The Morgan fingerprint density at radius 1 is 1.69 bits per heavy atom. The second kappa shape index (κ2) is 6.15. The van der Waals surface area contributed by atoms with E-state index in [-0.39, 0.29) is 11.9 Å². The van der Waals surface area contributed by atoms with Gasteiger partial charge in [-0.15, -0.1) is 0 Å². The van der Waals surface area contributed by atoms with Crippen molar-refractivity contribution in [2.75, 3.05) is 13.6 Å². The van der Waals surface area contributed by atoms with E-state index < -0.39 is 0 Å². The summed E-state index contributed by atoms with van der Waals surface area (Å²) in [7, 11) is 1.69. The van der Waals surface area contributed by atoms with Gasteiger partial charge in [-0.1, -0.05) is 19.1 Å². The minimum absolute atomic E-state index is 0.00398. The van der Waals surface area contributed by atoms with Crippen LogP contribution < -0.4 is 11.1 Å². The van der Waals surface area contributed by atoms with Crippen LogP contribution in [0.4, 0.5) is 0 Å². The quantitative estimate of drug-likeness (QED) is 0.696. The van der Waals surface area contributed by atoms with E-state index in [0.717, 1.165) is 25.8 Å². The van der Waals surface area contributed by atoms with Gasteiger partial charge in [-0.05, 0) is 25.8 Å². The molecule has 0 bridgehead atoms. The van der Waals surface area contributed by atoms with E-state index in [0.29, 0.717) is 17.5 Å². The molecule has 1 rings (SSSR count). The molecule has 2 unspecified atom stereocenters. The zero-order valence-corrected chi connectivity index (χ0v) is 10.8. The second-order valence-electron chi connectivity index (χ2n) is 4.24. The van der Waals surface area contributed by atoms with Crippen LogP contribution in [0.15, 0.2) is 0 Å². The van der Waals surface area contributed by atoms with E-state index in [1.165, 1.54) is 0 Å². The van der Waals surface area contributed by atoms with Gasteiger partial charge in [-0.25, -0.2) is 0 Å². The van der Waals surface area contributed by atoms with Gasteiger partial charge in [-0.3, -0.25) is 9.69 Å². The van der Waals surface area contributed by atoms with Gasteiger partial charge in [0, 0.05) is 19.5 Å². The van der Waals surface area contributed by atoms with Crippen molar-refractivity contribution >= 4 is 23.1 Å². The molecule has 5 heteroatoms. The highest BCUT2D eigenvalue weighted by Crippen LogP contribution is 2.23. The first-order valence-electron chi connectivity index (χ1n) is 5.85. The van der Waals surface area contributed by atoms with Crippen molar-refractivity contribution < 1.29 is 4.79 Å². The Morgan fingerprint density at radius 3 is 2.88 bits per heavy atom. The van der Waals surface area contributed by atoms with Crippen LogP contribution in [0.3, 0.4) is 0 Å². The van der Waals surface area contributed by atoms with Gasteiger partial charge in [0.25, 0.3) is 0 Å². The molecule has 0 aromatic carbocycles. The average molecular weight is 243 g/mol. The maximum Gasteiger partial charge on any atom is 0.237 e. The molecule has 1 fully saturated rings. The third kappa shape index (κ3) is 3.15. The zero-order valence-electron chi connectivity index (χ0n) is 10.0. The Kier molecular flexibility index (Phi) is 5.15. The van der Waals surface area contributed by atoms with E-state index in [9.17, 15) is 4.79 Å². The van der Waals surface area contributed by atoms with Gasteiger partial charge in [0.15, 0.2) is 0 Å². The zero-order chi connectivity index (χ0) is 12.1. The first-order valence-corrected chi connectivity index (χ1v) is 6.26. The fraction of sp³-hybridized carbons (Fsp3) is 0.818. The average Bonchev–Trinajstić information content (AvgIpc) is 2.73. The molecule has 0 aliphatic carbocycles. The molecular formula is C11H21N3OS. The molecule has 1 heterocycles. The lowest BCUT2D eigenvalue weighted by Crippen LogP contribution is -2.47. The number of thiocarbonyl (C=S) groups is 1. The maximum atomic E-state index is 11.7. The molecule has 1 amide bonds. The molecule has 0 spiro atoms. The number of likely N-dealkylation sites (tertiary alicyclic amines) is 1. The number of hydrogen-bond donors (Lipinski definition) is 2. The largest absolute Gasteiger partial charge is 0.393 e.